The maximum absolute atomic E-state index is 13.7. The van der Waals surface area contributed by atoms with Crippen LogP contribution in [-0.2, 0) is 6.42 Å². The second kappa shape index (κ2) is 7.09. The van der Waals surface area contributed by atoms with Crippen LogP contribution in [0.4, 0.5) is 4.39 Å². The van der Waals surface area contributed by atoms with E-state index in [4.69, 9.17) is 15.2 Å². The molecule has 2 rings (SSSR count). The number of hydrogen-bond acceptors (Lipinski definition) is 3. The molecule has 21 heavy (non-hydrogen) atoms. The van der Waals surface area contributed by atoms with Crippen molar-refractivity contribution in [2.75, 3.05) is 13.7 Å². The molecular weight excluding hydrogens is 269 g/mol. The van der Waals surface area contributed by atoms with E-state index >= 15 is 0 Å². The largest absolute Gasteiger partial charge is 0.494 e. The van der Waals surface area contributed by atoms with Gasteiger partial charge in [0, 0.05) is 6.04 Å². The lowest BCUT2D eigenvalue weighted by atomic mass is 9.99. The minimum atomic E-state index is -0.367. The van der Waals surface area contributed by atoms with Crippen LogP contribution in [0.25, 0.3) is 0 Å². The van der Waals surface area contributed by atoms with Gasteiger partial charge in [-0.25, -0.2) is 4.39 Å². The molecule has 0 aliphatic heterocycles. The molecule has 0 amide bonds. The molecule has 4 heteroatoms. The van der Waals surface area contributed by atoms with Crippen LogP contribution in [0.3, 0.4) is 0 Å². The minimum absolute atomic E-state index is 0.187. The van der Waals surface area contributed by atoms with Crippen LogP contribution in [0.5, 0.6) is 11.5 Å². The fourth-order valence-corrected chi connectivity index (χ4v) is 2.19. The number of nitrogens with two attached hydrogens (primary N) is 1. The molecule has 1 atom stereocenters. The summed E-state index contributed by atoms with van der Waals surface area (Å²) < 4.78 is 24.0. The van der Waals surface area contributed by atoms with E-state index in [0.717, 1.165) is 16.9 Å². The molecule has 0 aliphatic carbocycles. The fraction of sp³-hybridized carbons (Fsp3) is 0.294. The highest BCUT2D eigenvalue weighted by molar-refractivity contribution is 5.33. The van der Waals surface area contributed by atoms with E-state index in [-0.39, 0.29) is 17.6 Å². The van der Waals surface area contributed by atoms with Gasteiger partial charge in [-0.2, -0.15) is 0 Å². The number of rotatable bonds is 6. The summed E-state index contributed by atoms with van der Waals surface area (Å²) in [5.41, 5.74) is 8.01. The van der Waals surface area contributed by atoms with Crippen molar-refractivity contribution in [2.24, 2.45) is 5.73 Å². The van der Waals surface area contributed by atoms with Crippen LogP contribution in [0, 0.1) is 5.82 Å². The molecule has 1 unspecified atom stereocenters. The lowest BCUT2D eigenvalue weighted by Crippen LogP contribution is -2.13. The second-order valence-corrected chi connectivity index (χ2v) is 4.78. The Balaban J connectivity index is 2.06. The summed E-state index contributed by atoms with van der Waals surface area (Å²) in [5, 5.41) is 0. The molecule has 112 valence electrons. The summed E-state index contributed by atoms with van der Waals surface area (Å²) in [5.74, 6) is 0.700. The third kappa shape index (κ3) is 3.95. The van der Waals surface area contributed by atoms with E-state index in [0.29, 0.717) is 13.0 Å². The summed E-state index contributed by atoms with van der Waals surface area (Å²) in [6, 6.07) is 12.4. The molecule has 0 fully saturated rings. The van der Waals surface area contributed by atoms with Crippen molar-refractivity contribution in [2.45, 2.75) is 19.4 Å². The minimum Gasteiger partial charge on any atom is -0.494 e. The van der Waals surface area contributed by atoms with Crippen molar-refractivity contribution in [3.05, 3.63) is 59.4 Å². The Hall–Kier alpha value is -2.07. The van der Waals surface area contributed by atoms with Gasteiger partial charge in [0.15, 0.2) is 11.6 Å². The van der Waals surface area contributed by atoms with Crippen LogP contribution in [0.15, 0.2) is 42.5 Å². The van der Waals surface area contributed by atoms with Crippen LogP contribution in [0.1, 0.15) is 24.1 Å². The van der Waals surface area contributed by atoms with Gasteiger partial charge in [0.2, 0.25) is 0 Å². The van der Waals surface area contributed by atoms with Crippen molar-refractivity contribution in [3.63, 3.8) is 0 Å². The first-order valence-electron chi connectivity index (χ1n) is 6.94. The van der Waals surface area contributed by atoms with Gasteiger partial charge in [0.1, 0.15) is 5.75 Å². The van der Waals surface area contributed by atoms with Gasteiger partial charge in [-0.3, -0.25) is 0 Å². The SMILES string of the molecule is CCOc1ccc(C(N)Cc2ccc(OC)c(F)c2)cc1. The van der Waals surface area contributed by atoms with Crippen molar-refractivity contribution in [1.29, 1.82) is 0 Å². The molecule has 3 nitrogen and oxygen atoms in total. The second-order valence-electron chi connectivity index (χ2n) is 4.78. The Morgan fingerprint density at radius 2 is 1.86 bits per heavy atom. The topological polar surface area (TPSA) is 44.5 Å². The van der Waals surface area contributed by atoms with Crippen LogP contribution in [-0.4, -0.2) is 13.7 Å². The third-order valence-electron chi connectivity index (χ3n) is 3.29. The zero-order valence-corrected chi connectivity index (χ0v) is 12.3. The molecule has 2 aromatic carbocycles. The van der Waals surface area contributed by atoms with Crippen molar-refractivity contribution >= 4 is 0 Å². The zero-order valence-electron chi connectivity index (χ0n) is 12.3. The van der Waals surface area contributed by atoms with Gasteiger partial charge in [-0.1, -0.05) is 18.2 Å². The van der Waals surface area contributed by atoms with E-state index in [9.17, 15) is 4.39 Å². The lowest BCUT2D eigenvalue weighted by Gasteiger charge is -2.13. The molecule has 0 spiro atoms. The van der Waals surface area contributed by atoms with E-state index in [2.05, 4.69) is 0 Å². The number of hydrogen-bond donors (Lipinski definition) is 1. The van der Waals surface area contributed by atoms with Gasteiger partial charge >= 0.3 is 0 Å². The standard InChI is InChI=1S/C17H20FNO2/c1-3-21-14-7-5-13(6-8-14)16(19)11-12-4-9-17(20-2)15(18)10-12/h4-10,16H,3,11,19H2,1-2H3. The fourth-order valence-electron chi connectivity index (χ4n) is 2.19. The Labute approximate surface area is 124 Å². The Morgan fingerprint density at radius 1 is 1.14 bits per heavy atom. The summed E-state index contributed by atoms with van der Waals surface area (Å²) >= 11 is 0. The molecule has 0 bridgehead atoms. The molecule has 2 aromatic rings. The predicted molar refractivity (Wildman–Crippen MR) is 81.2 cm³/mol. The first kappa shape index (κ1) is 15.3. The maximum atomic E-state index is 13.7. The molecule has 0 heterocycles. The van der Waals surface area contributed by atoms with Crippen LogP contribution < -0.4 is 15.2 Å². The van der Waals surface area contributed by atoms with Crippen LogP contribution in [0.2, 0.25) is 0 Å². The van der Waals surface area contributed by atoms with Gasteiger partial charge < -0.3 is 15.2 Å². The number of benzene rings is 2. The average Bonchev–Trinajstić information content (AvgIpc) is 2.48. The van der Waals surface area contributed by atoms with Crippen LogP contribution >= 0.6 is 0 Å². The highest BCUT2D eigenvalue weighted by Gasteiger charge is 2.10. The summed E-state index contributed by atoms with van der Waals surface area (Å²) in [6.45, 7) is 2.58. The first-order chi connectivity index (χ1) is 10.1. The number of methoxy groups -OCH3 is 1. The molecule has 0 saturated heterocycles. The smallest absolute Gasteiger partial charge is 0.165 e. The van der Waals surface area contributed by atoms with Gasteiger partial charge in [0.25, 0.3) is 0 Å². The Kier molecular flexibility index (Phi) is 5.17. The van der Waals surface area contributed by atoms with Crippen molar-refractivity contribution < 1.29 is 13.9 Å². The molecule has 0 radical (unpaired) electrons. The first-order valence-corrected chi connectivity index (χ1v) is 6.94. The number of halogens is 1. The van der Waals surface area contributed by atoms with E-state index < -0.39 is 0 Å². The Bertz CT molecular complexity index is 584. The summed E-state index contributed by atoms with van der Waals surface area (Å²) in [7, 11) is 1.45. The molecule has 2 N–H and O–H groups in total. The van der Waals surface area contributed by atoms with E-state index in [1.807, 2.05) is 37.3 Å². The van der Waals surface area contributed by atoms with Crippen molar-refractivity contribution in [1.82, 2.24) is 0 Å². The third-order valence-corrected chi connectivity index (χ3v) is 3.29. The van der Waals surface area contributed by atoms with Crippen molar-refractivity contribution in [3.8, 4) is 11.5 Å². The van der Waals surface area contributed by atoms with E-state index in [1.54, 1.807) is 6.07 Å². The summed E-state index contributed by atoms with van der Waals surface area (Å²) in [6.07, 6.45) is 0.564. The molecule has 0 aromatic heterocycles. The lowest BCUT2D eigenvalue weighted by molar-refractivity contribution is 0.340. The highest BCUT2D eigenvalue weighted by Crippen LogP contribution is 2.23. The molecule has 0 saturated carbocycles. The average molecular weight is 289 g/mol. The maximum Gasteiger partial charge on any atom is 0.165 e. The van der Waals surface area contributed by atoms with E-state index in [1.165, 1.54) is 13.2 Å². The monoisotopic (exact) mass is 289 g/mol. The summed E-state index contributed by atoms with van der Waals surface area (Å²) in [4.78, 5) is 0. The normalized spacial score (nSPS) is 12.0. The highest BCUT2D eigenvalue weighted by atomic mass is 19.1. The van der Waals surface area contributed by atoms with Gasteiger partial charge in [-0.15, -0.1) is 0 Å². The molecular formula is C17H20FNO2. The van der Waals surface area contributed by atoms with Gasteiger partial charge in [0.05, 0.1) is 13.7 Å². The zero-order chi connectivity index (χ0) is 15.2. The molecule has 0 aliphatic rings. The van der Waals surface area contributed by atoms with Gasteiger partial charge in [-0.05, 0) is 48.7 Å². The number of ether oxygens (including phenoxy) is 2. The quantitative estimate of drug-likeness (QED) is 0.885. The Morgan fingerprint density at radius 3 is 2.43 bits per heavy atom. The predicted octanol–water partition coefficient (Wildman–Crippen LogP) is 3.48.